The molecule has 1 heterocycles. The molecule has 11 heavy (non-hydrogen) atoms. The zero-order chi connectivity index (χ0) is 8.43. The predicted molar refractivity (Wildman–Crippen MR) is 34.3 cm³/mol. The molecule has 0 aliphatic carbocycles. The Hall–Kier alpha value is -1.46. The van der Waals surface area contributed by atoms with Gasteiger partial charge in [0.2, 0.25) is 11.8 Å². The van der Waals surface area contributed by atoms with Gasteiger partial charge in [-0.05, 0) is 0 Å². The van der Waals surface area contributed by atoms with Gasteiger partial charge in [0.1, 0.15) is 0 Å². The topological polar surface area (TPSA) is 57.8 Å². The highest BCUT2D eigenvalue weighted by atomic mass is 19.2. The average Bonchev–Trinajstić information content (AvgIpc) is 1.96. The Balaban J connectivity index is 3.36. The lowest BCUT2D eigenvalue weighted by Crippen LogP contribution is -2.16. The van der Waals surface area contributed by atoms with E-state index in [9.17, 15) is 13.6 Å². The number of aromatic nitrogens is 2. The van der Waals surface area contributed by atoms with E-state index >= 15 is 0 Å². The number of nitrogens with zero attached hydrogens (tertiary/aromatic N) is 1. The molecule has 1 aromatic heterocycles. The zero-order valence-corrected chi connectivity index (χ0v) is 5.61. The molecule has 60 valence electrons. The van der Waals surface area contributed by atoms with E-state index < -0.39 is 23.3 Å². The van der Waals surface area contributed by atoms with Crippen molar-refractivity contribution in [1.82, 2.24) is 9.97 Å². The molecule has 0 saturated heterocycles. The molecule has 0 aliphatic rings. The summed E-state index contributed by atoms with van der Waals surface area (Å²) in [6.45, 7) is 0. The van der Waals surface area contributed by atoms with Gasteiger partial charge in [-0.25, -0.2) is 4.79 Å². The van der Waals surface area contributed by atoms with Crippen molar-refractivity contribution < 1.29 is 8.78 Å². The van der Waals surface area contributed by atoms with Crippen molar-refractivity contribution in [2.24, 2.45) is 0 Å². The van der Waals surface area contributed by atoms with Crippen LogP contribution in [0.25, 0.3) is 0 Å². The Labute approximate surface area is 60.3 Å². The van der Waals surface area contributed by atoms with Crippen LogP contribution in [0.1, 0.15) is 0 Å². The van der Waals surface area contributed by atoms with E-state index in [2.05, 4.69) is 10.3 Å². The molecule has 0 radical (unpaired) electrons. The van der Waals surface area contributed by atoms with Crippen molar-refractivity contribution in [2.45, 2.75) is 0 Å². The Kier molecular flexibility index (Phi) is 1.84. The van der Waals surface area contributed by atoms with Crippen LogP contribution in [0.5, 0.6) is 0 Å². The number of nitrogens with one attached hydrogen (secondary N) is 2. The van der Waals surface area contributed by atoms with Crippen LogP contribution in [0.4, 0.5) is 14.6 Å². The van der Waals surface area contributed by atoms with Crippen LogP contribution in [0.3, 0.4) is 0 Å². The van der Waals surface area contributed by atoms with Crippen molar-refractivity contribution >= 4 is 5.82 Å². The molecule has 6 heteroatoms. The highest BCUT2D eigenvalue weighted by Crippen LogP contribution is 2.07. The summed E-state index contributed by atoms with van der Waals surface area (Å²) in [6, 6.07) is 0. The summed E-state index contributed by atoms with van der Waals surface area (Å²) in [5, 5.41) is 2.23. The molecule has 0 bridgehead atoms. The first-order chi connectivity index (χ1) is 5.15. The van der Waals surface area contributed by atoms with Gasteiger partial charge in [-0.1, -0.05) is 0 Å². The maximum Gasteiger partial charge on any atom is 0.349 e. The third kappa shape index (κ3) is 1.34. The minimum atomic E-state index is -1.31. The van der Waals surface area contributed by atoms with Gasteiger partial charge >= 0.3 is 5.69 Å². The SMILES string of the molecule is CNc1nc(=O)[nH]c(F)c1F. The Morgan fingerprint density at radius 3 is 2.73 bits per heavy atom. The van der Waals surface area contributed by atoms with E-state index in [4.69, 9.17) is 0 Å². The maximum absolute atomic E-state index is 12.5. The van der Waals surface area contributed by atoms with Crippen molar-refractivity contribution in [2.75, 3.05) is 12.4 Å². The second-order valence-corrected chi connectivity index (χ2v) is 1.77. The van der Waals surface area contributed by atoms with E-state index in [0.717, 1.165) is 0 Å². The van der Waals surface area contributed by atoms with Gasteiger partial charge in [0, 0.05) is 7.05 Å². The fourth-order valence-electron chi connectivity index (χ4n) is 0.597. The quantitative estimate of drug-likeness (QED) is 0.574. The maximum atomic E-state index is 12.5. The molecule has 2 N–H and O–H groups in total. The zero-order valence-electron chi connectivity index (χ0n) is 5.61. The summed E-state index contributed by atoms with van der Waals surface area (Å²) >= 11 is 0. The monoisotopic (exact) mass is 161 g/mol. The van der Waals surface area contributed by atoms with Crippen LogP contribution < -0.4 is 11.0 Å². The molecule has 0 aliphatic heterocycles. The minimum Gasteiger partial charge on any atom is -0.370 e. The molecule has 0 amide bonds. The molecule has 4 nitrogen and oxygen atoms in total. The molecular formula is C5H5F2N3O. The lowest BCUT2D eigenvalue weighted by Gasteiger charge is -1.98. The second kappa shape index (κ2) is 2.65. The van der Waals surface area contributed by atoms with Crippen LogP contribution in [-0.4, -0.2) is 17.0 Å². The molecule has 1 aromatic rings. The Morgan fingerprint density at radius 2 is 2.18 bits per heavy atom. The largest absolute Gasteiger partial charge is 0.370 e. The summed E-state index contributed by atoms with van der Waals surface area (Å²) in [5.74, 6) is -2.90. The Bertz CT molecular complexity index is 322. The number of hydrogen-bond donors (Lipinski definition) is 2. The van der Waals surface area contributed by atoms with Gasteiger partial charge in [-0.15, -0.1) is 0 Å². The smallest absolute Gasteiger partial charge is 0.349 e. The summed E-state index contributed by atoms with van der Waals surface area (Å²) in [7, 11) is 1.34. The fraction of sp³-hybridized carbons (Fsp3) is 0.200. The minimum absolute atomic E-state index is 0.397. The number of hydrogen-bond acceptors (Lipinski definition) is 3. The summed E-state index contributed by atoms with van der Waals surface area (Å²) in [6.07, 6.45) is 0. The average molecular weight is 161 g/mol. The van der Waals surface area contributed by atoms with Gasteiger partial charge in [-0.3, -0.25) is 4.98 Å². The third-order valence-electron chi connectivity index (χ3n) is 1.07. The van der Waals surface area contributed by atoms with Crippen molar-refractivity contribution in [3.63, 3.8) is 0 Å². The molecule has 0 atom stereocenters. The van der Waals surface area contributed by atoms with Gasteiger partial charge in [0.05, 0.1) is 0 Å². The lowest BCUT2D eigenvalue weighted by molar-refractivity contribution is 0.472. The first kappa shape index (κ1) is 7.64. The van der Waals surface area contributed by atoms with Gasteiger partial charge in [0.25, 0.3) is 0 Å². The Morgan fingerprint density at radius 1 is 1.55 bits per heavy atom. The van der Waals surface area contributed by atoms with E-state index in [1.807, 2.05) is 0 Å². The van der Waals surface area contributed by atoms with Crippen molar-refractivity contribution in [3.8, 4) is 0 Å². The number of aromatic amines is 1. The molecule has 0 unspecified atom stereocenters. The number of halogens is 2. The van der Waals surface area contributed by atoms with Crippen LogP contribution in [0.15, 0.2) is 4.79 Å². The number of anilines is 1. The fourth-order valence-corrected chi connectivity index (χ4v) is 0.597. The van der Waals surface area contributed by atoms with Gasteiger partial charge in [0.15, 0.2) is 5.82 Å². The molecule has 1 rings (SSSR count). The summed E-state index contributed by atoms with van der Waals surface area (Å²) in [5.41, 5.74) is -0.923. The number of rotatable bonds is 1. The van der Waals surface area contributed by atoms with Gasteiger partial charge in [-0.2, -0.15) is 13.8 Å². The summed E-state index contributed by atoms with van der Waals surface area (Å²) in [4.78, 5) is 15.1. The molecular weight excluding hydrogens is 156 g/mol. The molecule has 0 saturated carbocycles. The first-order valence-corrected chi connectivity index (χ1v) is 2.78. The second-order valence-electron chi connectivity index (χ2n) is 1.77. The standard InChI is InChI=1S/C5H5F2N3O/c1-8-4-2(6)3(7)9-5(11)10-4/h1H3,(H2,8,9,10,11). The highest BCUT2D eigenvalue weighted by molar-refractivity contribution is 5.32. The van der Waals surface area contributed by atoms with E-state index in [1.165, 1.54) is 7.05 Å². The van der Waals surface area contributed by atoms with E-state index in [-0.39, 0.29) is 0 Å². The summed E-state index contributed by atoms with van der Waals surface area (Å²) < 4.78 is 24.8. The van der Waals surface area contributed by atoms with Crippen LogP contribution in [0, 0.1) is 11.8 Å². The van der Waals surface area contributed by atoms with Gasteiger partial charge < -0.3 is 5.32 Å². The van der Waals surface area contributed by atoms with E-state index in [1.54, 1.807) is 4.98 Å². The number of H-pyrrole nitrogens is 1. The third-order valence-corrected chi connectivity index (χ3v) is 1.07. The van der Waals surface area contributed by atoms with Crippen molar-refractivity contribution in [3.05, 3.63) is 22.2 Å². The molecule has 0 aromatic carbocycles. The van der Waals surface area contributed by atoms with Crippen LogP contribution in [-0.2, 0) is 0 Å². The highest BCUT2D eigenvalue weighted by Gasteiger charge is 2.09. The molecule has 0 fully saturated rings. The van der Waals surface area contributed by atoms with Crippen LogP contribution in [0.2, 0.25) is 0 Å². The van der Waals surface area contributed by atoms with Crippen molar-refractivity contribution in [1.29, 1.82) is 0 Å². The molecule has 0 spiro atoms. The first-order valence-electron chi connectivity index (χ1n) is 2.78. The van der Waals surface area contributed by atoms with Crippen LogP contribution >= 0.6 is 0 Å². The predicted octanol–water partition coefficient (Wildman–Crippen LogP) is 0.0898. The lowest BCUT2D eigenvalue weighted by atomic mass is 10.5. The normalized spacial score (nSPS) is 9.73. The van der Waals surface area contributed by atoms with E-state index in [0.29, 0.717) is 0 Å².